The number of nitrogens with zero attached hydrogens (tertiary/aromatic N) is 4. The van der Waals surface area contributed by atoms with Crippen molar-refractivity contribution in [1.29, 1.82) is 0 Å². The third-order valence-corrected chi connectivity index (χ3v) is 8.30. The predicted octanol–water partition coefficient (Wildman–Crippen LogP) is 6.81. The van der Waals surface area contributed by atoms with Crippen molar-refractivity contribution in [2.24, 2.45) is 0 Å². The van der Waals surface area contributed by atoms with Crippen LogP contribution in [0.4, 0.5) is 10.1 Å². The summed E-state index contributed by atoms with van der Waals surface area (Å²) in [4.78, 5) is 35.8. The second-order valence-corrected chi connectivity index (χ2v) is 11.5. The Morgan fingerprint density at radius 3 is 2.42 bits per heavy atom. The zero-order chi connectivity index (χ0) is 30.4. The van der Waals surface area contributed by atoms with Crippen molar-refractivity contribution >= 4 is 40.7 Å². The zero-order valence-electron chi connectivity index (χ0n) is 23.8. The number of fused-ring (bicyclic) bond motifs is 1. The summed E-state index contributed by atoms with van der Waals surface area (Å²) >= 11 is 12.4. The summed E-state index contributed by atoms with van der Waals surface area (Å²) in [6, 6.07) is 15.9. The molecule has 1 saturated heterocycles. The molecule has 222 valence electrons. The second-order valence-electron chi connectivity index (χ2n) is 10.7. The first-order valence-corrected chi connectivity index (χ1v) is 14.7. The first-order valence-electron chi connectivity index (χ1n) is 13.9. The van der Waals surface area contributed by atoms with Crippen molar-refractivity contribution in [3.8, 4) is 17.1 Å². The number of halogens is 3. The molecule has 0 radical (unpaired) electrons. The Bertz CT molecular complexity index is 1720. The molecule has 8 nitrogen and oxygen atoms in total. The summed E-state index contributed by atoms with van der Waals surface area (Å²) in [5, 5.41) is 0.456. The standard InChI is InChI=1S/C32H29Cl2FN4O4/c1-18(2)38-29-27(36-30(38)23-16-20(6-11-26(23)42-3)31(40)37-12-14-43-15-13-37)32(41)39(22-9-10-25(35)24(34)17-22)28(29)19-4-7-21(33)8-5-19/h4-11,16-18,28H,12-15H2,1-3H3. The van der Waals surface area contributed by atoms with Crippen molar-refractivity contribution in [1.82, 2.24) is 14.5 Å². The van der Waals surface area contributed by atoms with Gasteiger partial charge in [0.05, 0.1) is 36.6 Å². The Morgan fingerprint density at radius 2 is 1.77 bits per heavy atom. The van der Waals surface area contributed by atoms with Gasteiger partial charge in [0.1, 0.15) is 23.4 Å². The topological polar surface area (TPSA) is 76.9 Å². The van der Waals surface area contributed by atoms with Gasteiger partial charge in [-0.05, 0) is 67.9 Å². The summed E-state index contributed by atoms with van der Waals surface area (Å²) in [7, 11) is 1.56. The predicted molar refractivity (Wildman–Crippen MR) is 163 cm³/mol. The van der Waals surface area contributed by atoms with Gasteiger partial charge in [-0.15, -0.1) is 0 Å². The monoisotopic (exact) mass is 622 g/mol. The van der Waals surface area contributed by atoms with Gasteiger partial charge in [0.25, 0.3) is 11.8 Å². The number of methoxy groups -OCH3 is 1. The molecule has 1 unspecified atom stereocenters. The van der Waals surface area contributed by atoms with Crippen LogP contribution in [0.2, 0.25) is 10.0 Å². The summed E-state index contributed by atoms with van der Waals surface area (Å²) in [5.74, 6) is -0.0441. The maximum Gasteiger partial charge on any atom is 0.279 e. The van der Waals surface area contributed by atoms with Crippen LogP contribution in [0.5, 0.6) is 5.75 Å². The fourth-order valence-electron chi connectivity index (χ4n) is 5.75. The lowest BCUT2D eigenvalue weighted by atomic mass is 10.0. The van der Waals surface area contributed by atoms with Gasteiger partial charge in [-0.1, -0.05) is 35.3 Å². The highest BCUT2D eigenvalue weighted by molar-refractivity contribution is 6.31. The number of carbonyl (C=O) groups is 2. The molecule has 6 rings (SSSR count). The molecule has 3 aromatic carbocycles. The van der Waals surface area contributed by atoms with Gasteiger partial charge >= 0.3 is 0 Å². The van der Waals surface area contributed by atoms with E-state index in [9.17, 15) is 14.0 Å². The number of anilines is 1. The van der Waals surface area contributed by atoms with Crippen molar-refractivity contribution in [3.05, 3.63) is 99.0 Å². The summed E-state index contributed by atoms with van der Waals surface area (Å²) < 4.78 is 27.3. The smallest absolute Gasteiger partial charge is 0.279 e. The SMILES string of the molecule is COc1ccc(C(=O)N2CCOCC2)cc1-c1nc2c(n1C(C)C)C(c1ccc(Cl)cc1)N(c1ccc(F)c(Cl)c1)C2=O. The van der Waals surface area contributed by atoms with E-state index in [1.807, 2.05) is 30.5 Å². The minimum absolute atomic E-state index is 0.0939. The van der Waals surface area contributed by atoms with Crippen LogP contribution in [0.15, 0.2) is 60.7 Å². The summed E-state index contributed by atoms with van der Waals surface area (Å²) in [6.07, 6.45) is 0. The normalized spacial score (nSPS) is 16.6. The van der Waals surface area contributed by atoms with Gasteiger partial charge in [0, 0.05) is 35.4 Å². The fourth-order valence-corrected chi connectivity index (χ4v) is 6.05. The van der Waals surface area contributed by atoms with Crippen LogP contribution in [-0.4, -0.2) is 59.7 Å². The average molecular weight is 624 g/mol. The third-order valence-electron chi connectivity index (χ3n) is 7.76. The van der Waals surface area contributed by atoms with E-state index >= 15 is 0 Å². The quantitative estimate of drug-likeness (QED) is 0.236. The fraction of sp³-hybridized carbons (Fsp3) is 0.281. The molecule has 1 atom stereocenters. The summed E-state index contributed by atoms with van der Waals surface area (Å²) in [5.41, 5.74) is 3.19. The molecule has 0 spiro atoms. The lowest BCUT2D eigenvalue weighted by Crippen LogP contribution is -2.40. The van der Waals surface area contributed by atoms with E-state index in [2.05, 4.69) is 0 Å². The summed E-state index contributed by atoms with van der Waals surface area (Å²) in [6.45, 7) is 6.00. The Kier molecular flexibility index (Phi) is 7.89. The first kappa shape index (κ1) is 29.2. The van der Waals surface area contributed by atoms with Crippen LogP contribution in [0.1, 0.15) is 58.0 Å². The molecule has 0 N–H and O–H groups in total. The minimum atomic E-state index is -0.617. The van der Waals surface area contributed by atoms with E-state index in [1.54, 1.807) is 47.2 Å². The Morgan fingerprint density at radius 1 is 1.05 bits per heavy atom. The van der Waals surface area contributed by atoms with Gasteiger partial charge in [0.15, 0.2) is 5.69 Å². The molecule has 0 aliphatic carbocycles. The Labute approximate surface area is 258 Å². The maximum atomic E-state index is 14.2. The van der Waals surface area contributed by atoms with E-state index in [-0.39, 0.29) is 28.6 Å². The van der Waals surface area contributed by atoms with Gasteiger partial charge in [-0.2, -0.15) is 0 Å². The van der Waals surface area contributed by atoms with Crippen molar-refractivity contribution in [2.45, 2.75) is 25.9 Å². The molecule has 4 aromatic rings. The molecule has 0 bridgehead atoms. The van der Waals surface area contributed by atoms with Crippen LogP contribution in [-0.2, 0) is 4.74 Å². The number of ether oxygens (including phenoxy) is 2. The van der Waals surface area contributed by atoms with Crippen LogP contribution in [0, 0.1) is 5.82 Å². The molecule has 2 aliphatic heterocycles. The number of imidazole rings is 1. The van der Waals surface area contributed by atoms with Gasteiger partial charge in [0.2, 0.25) is 0 Å². The lowest BCUT2D eigenvalue weighted by molar-refractivity contribution is 0.0303. The number of hydrogen-bond donors (Lipinski definition) is 0. The van der Waals surface area contributed by atoms with Gasteiger partial charge in [-0.3, -0.25) is 14.5 Å². The van der Waals surface area contributed by atoms with Crippen LogP contribution < -0.4 is 9.64 Å². The molecule has 2 aliphatic rings. The van der Waals surface area contributed by atoms with E-state index in [1.165, 1.54) is 18.2 Å². The van der Waals surface area contributed by atoms with Crippen molar-refractivity contribution < 1.29 is 23.5 Å². The number of aromatic nitrogens is 2. The lowest BCUT2D eigenvalue weighted by Gasteiger charge is -2.29. The molecule has 1 aromatic heterocycles. The molecule has 3 heterocycles. The Hall–Kier alpha value is -3.92. The van der Waals surface area contributed by atoms with E-state index in [4.69, 9.17) is 37.7 Å². The van der Waals surface area contributed by atoms with Gasteiger partial charge < -0.3 is 18.9 Å². The highest BCUT2D eigenvalue weighted by Crippen LogP contribution is 2.46. The number of morpholine rings is 1. The van der Waals surface area contributed by atoms with Crippen LogP contribution in [0.25, 0.3) is 11.4 Å². The van der Waals surface area contributed by atoms with Crippen molar-refractivity contribution in [3.63, 3.8) is 0 Å². The Balaban J connectivity index is 1.54. The van der Waals surface area contributed by atoms with Crippen LogP contribution >= 0.6 is 23.2 Å². The van der Waals surface area contributed by atoms with Crippen molar-refractivity contribution in [2.75, 3.05) is 38.3 Å². The molecule has 0 saturated carbocycles. The molecule has 11 heteroatoms. The van der Waals surface area contributed by atoms with E-state index < -0.39 is 11.9 Å². The molecule has 43 heavy (non-hydrogen) atoms. The molecule has 2 amide bonds. The number of rotatable bonds is 6. The first-order chi connectivity index (χ1) is 20.7. The minimum Gasteiger partial charge on any atom is -0.496 e. The third kappa shape index (κ3) is 5.15. The zero-order valence-corrected chi connectivity index (χ0v) is 25.3. The maximum absolute atomic E-state index is 14.2. The van der Waals surface area contributed by atoms with E-state index in [0.29, 0.717) is 65.4 Å². The number of hydrogen-bond acceptors (Lipinski definition) is 5. The molecular weight excluding hydrogens is 594 g/mol. The van der Waals surface area contributed by atoms with E-state index in [0.717, 1.165) is 5.56 Å². The second kappa shape index (κ2) is 11.6. The largest absolute Gasteiger partial charge is 0.496 e. The highest BCUT2D eigenvalue weighted by atomic mass is 35.5. The highest BCUT2D eigenvalue weighted by Gasteiger charge is 2.45. The number of carbonyl (C=O) groups excluding carboxylic acids is 2. The number of benzene rings is 3. The van der Waals surface area contributed by atoms with Gasteiger partial charge in [-0.25, -0.2) is 9.37 Å². The molecule has 1 fully saturated rings. The number of amides is 2. The van der Waals surface area contributed by atoms with Crippen LogP contribution in [0.3, 0.4) is 0 Å². The average Bonchev–Trinajstić information content (AvgIpc) is 3.54. The molecular formula is C32H29Cl2FN4O4.